The summed E-state index contributed by atoms with van der Waals surface area (Å²) in [5.74, 6) is -2.47. The number of carbonyl (C=O) groups is 4. The first-order valence-corrected chi connectivity index (χ1v) is 28.1. The van der Waals surface area contributed by atoms with E-state index in [1.54, 1.807) is 36.0 Å². The van der Waals surface area contributed by atoms with Crippen molar-refractivity contribution in [3.05, 3.63) is 274 Å². The number of thioether (sulfide) groups is 1. The van der Waals surface area contributed by atoms with Gasteiger partial charge in [-0.25, -0.2) is 9.78 Å². The lowest BCUT2D eigenvalue weighted by Crippen LogP contribution is -2.71. The van der Waals surface area contributed by atoms with E-state index in [2.05, 4.69) is 52.0 Å². The summed E-state index contributed by atoms with van der Waals surface area (Å²) >= 11 is 2.65. The van der Waals surface area contributed by atoms with Crippen LogP contribution in [0.5, 0.6) is 0 Å². The van der Waals surface area contributed by atoms with Crippen LogP contribution in [-0.2, 0) is 44.6 Å². The Labute approximate surface area is 473 Å². The Kier molecular flexibility index (Phi) is 16.3. The van der Waals surface area contributed by atoms with Crippen molar-refractivity contribution in [2.75, 3.05) is 11.1 Å². The number of esters is 2. The number of aromatic nitrogens is 2. The summed E-state index contributed by atoms with van der Waals surface area (Å²) in [4.78, 5) is 74.9. The summed E-state index contributed by atoms with van der Waals surface area (Å²) in [7, 11) is 0. The molecule has 0 saturated carbocycles. The minimum absolute atomic E-state index is 0.0346. The quantitative estimate of drug-likeness (QED) is 0.0198. The van der Waals surface area contributed by atoms with E-state index in [-0.39, 0.29) is 34.7 Å². The third kappa shape index (κ3) is 11.6. The number of carbonyl (C=O) groups excluding carboxylic acids is 4. The molecule has 1 unspecified atom stereocenters. The summed E-state index contributed by atoms with van der Waals surface area (Å²) in [5.41, 5.74) is 3.52. The Morgan fingerprint density at radius 2 is 1.21 bits per heavy atom. The Morgan fingerprint density at radius 3 is 1.70 bits per heavy atom. The number of nitrogens with zero attached hydrogens (tertiary/aromatic N) is 4. The van der Waals surface area contributed by atoms with E-state index < -0.39 is 52.6 Å². The topological polar surface area (TPSA) is 161 Å². The van der Waals surface area contributed by atoms with Crippen LogP contribution in [0.4, 0.5) is 5.13 Å². The van der Waals surface area contributed by atoms with Crippen LogP contribution >= 0.6 is 23.1 Å². The van der Waals surface area contributed by atoms with Crippen LogP contribution in [-0.4, -0.2) is 67.8 Å². The second-order valence-corrected chi connectivity index (χ2v) is 22.3. The predicted octanol–water partition coefficient (Wildman–Crippen LogP) is 11.9. The average Bonchev–Trinajstić information content (AvgIpc) is 4.09. The van der Waals surface area contributed by atoms with Gasteiger partial charge in [0.2, 0.25) is 11.9 Å². The summed E-state index contributed by atoms with van der Waals surface area (Å²) in [6, 6.07) is 61.8. The number of allylic oxidation sites excluding steroid dienone is 1. The third-order valence-corrected chi connectivity index (χ3v) is 15.6. The molecule has 3 atom stereocenters. The van der Waals surface area contributed by atoms with Crippen LogP contribution in [0, 0.1) is 5.41 Å². The van der Waals surface area contributed by atoms with Gasteiger partial charge in [0.1, 0.15) is 28.3 Å². The number of hydrogen-bond donors (Lipinski definition) is 2. The molecule has 2 aliphatic heterocycles. The number of β-lactam (4-membered cyclic amide) rings is 1. The first-order chi connectivity index (χ1) is 38.8. The number of oxime groups is 1. The van der Waals surface area contributed by atoms with Gasteiger partial charge in [-0.3, -0.25) is 24.3 Å². The average molecular weight is 1100 g/mol. The molecular formula is C65H58N6O7S2. The van der Waals surface area contributed by atoms with Crippen molar-refractivity contribution in [2.45, 2.75) is 63.0 Å². The highest BCUT2D eigenvalue weighted by molar-refractivity contribution is 8.00. The minimum Gasteiger partial charge on any atom is -0.425 e. The molecule has 2 aliphatic rings. The van der Waals surface area contributed by atoms with Gasteiger partial charge in [0.25, 0.3) is 11.8 Å². The van der Waals surface area contributed by atoms with Crippen LogP contribution in [0.2, 0.25) is 0 Å². The van der Waals surface area contributed by atoms with E-state index in [0.717, 1.165) is 38.9 Å². The molecule has 4 heterocycles. The molecule has 13 nitrogen and oxygen atoms in total. The number of amides is 2. The second-order valence-electron chi connectivity index (χ2n) is 20.4. The monoisotopic (exact) mass is 1100 g/mol. The summed E-state index contributed by atoms with van der Waals surface area (Å²) < 4.78 is 11.2. The zero-order valence-corrected chi connectivity index (χ0v) is 46.1. The van der Waals surface area contributed by atoms with Gasteiger partial charge in [-0.2, -0.15) is 0 Å². The highest BCUT2D eigenvalue weighted by atomic mass is 32.2. The number of nitrogens with one attached hydrogen (secondary N) is 2. The van der Waals surface area contributed by atoms with Gasteiger partial charge in [-0.1, -0.05) is 226 Å². The van der Waals surface area contributed by atoms with Crippen molar-refractivity contribution in [3.63, 3.8) is 0 Å². The molecule has 80 heavy (non-hydrogen) atoms. The molecule has 1 saturated heterocycles. The highest BCUT2D eigenvalue weighted by Gasteiger charge is 2.55. The number of anilines is 1. The molecule has 0 radical (unpaired) electrons. The molecule has 402 valence electrons. The molecule has 0 spiro atoms. The molecule has 6 aromatic carbocycles. The largest absolute Gasteiger partial charge is 0.425 e. The molecule has 2 amide bonds. The molecule has 10 rings (SSSR count). The number of hydrogen-bond acceptors (Lipinski definition) is 13. The van der Waals surface area contributed by atoms with E-state index in [1.165, 1.54) is 34.9 Å². The van der Waals surface area contributed by atoms with Crippen molar-refractivity contribution < 1.29 is 33.5 Å². The molecule has 15 heteroatoms. The van der Waals surface area contributed by atoms with Gasteiger partial charge in [0.15, 0.2) is 10.8 Å². The molecular weight excluding hydrogens is 1040 g/mol. The van der Waals surface area contributed by atoms with Crippen LogP contribution < -0.4 is 10.6 Å². The number of pyridine rings is 1. The van der Waals surface area contributed by atoms with Crippen molar-refractivity contribution >= 4 is 63.8 Å². The summed E-state index contributed by atoms with van der Waals surface area (Å²) in [6.45, 7) is 7.15. The predicted molar refractivity (Wildman–Crippen MR) is 313 cm³/mol. The van der Waals surface area contributed by atoms with Gasteiger partial charge in [-0.15, -0.1) is 23.1 Å². The zero-order chi connectivity index (χ0) is 55.7. The molecule has 0 aliphatic carbocycles. The van der Waals surface area contributed by atoms with Gasteiger partial charge < -0.3 is 24.9 Å². The van der Waals surface area contributed by atoms with Gasteiger partial charge >= 0.3 is 11.9 Å². The highest BCUT2D eigenvalue weighted by Crippen LogP contribution is 2.44. The smallest absolute Gasteiger partial charge is 0.358 e. The van der Waals surface area contributed by atoms with Crippen LogP contribution in [0.1, 0.15) is 78.8 Å². The first-order valence-electron chi connectivity index (χ1n) is 26.1. The SMILES string of the molecule is CC(OC(=O)CC(C)(C)C)OC(=O)C1=C(/C=C\c2cccnc2)CS[C@@H]2[C@H](NC(=O)C(=NOC(c3ccccc3)(c3ccccc3)c3ccccc3)c3csc(NC(c4ccccc4)(c4ccccc4)c4ccccc4)n3)C(=O)N12. The van der Waals surface area contributed by atoms with Crippen LogP contribution in [0.25, 0.3) is 6.08 Å². The minimum atomic E-state index is -1.39. The van der Waals surface area contributed by atoms with E-state index in [1.807, 2.05) is 172 Å². The Bertz CT molecular complexity index is 3350. The lowest BCUT2D eigenvalue weighted by atomic mass is 9.77. The van der Waals surface area contributed by atoms with Gasteiger partial charge in [0, 0.05) is 47.1 Å². The molecule has 2 N–H and O–H groups in total. The fourth-order valence-corrected chi connectivity index (χ4v) is 12.0. The standard InChI is InChI=1S/C65H58N6O7S2/c1-44(76-54(72)40-63(2,3)4)77-61(75)57-46(38-37-45-24-23-39-66-41-45)42-79-60-56(59(74)71(57)60)68-58(73)55(70-78-65(50-31-17-8-18-32-50,51-33-19-9-20-34-51)52-35-21-10-22-36-52)53-43-80-62(67-53)69-64(47-25-11-5-12-26-47,48-27-13-6-14-28-48)49-29-15-7-16-30-49/h5-39,41,43-44,56,60H,40,42H2,1-4H3,(H,67,69)(H,68,73)/b38-37-,70-55?/t44?,56-,60-/m1/s1. The van der Waals surface area contributed by atoms with Gasteiger partial charge in [0.05, 0.1) is 6.42 Å². The van der Waals surface area contributed by atoms with E-state index >= 15 is 4.79 Å². The van der Waals surface area contributed by atoms with Crippen LogP contribution in [0.15, 0.2) is 234 Å². The van der Waals surface area contributed by atoms with E-state index in [0.29, 0.717) is 10.7 Å². The zero-order valence-electron chi connectivity index (χ0n) is 44.5. The fourth-order valence-electron chi connectivity index (χ4n) is 9.91. The molecule has 1 fully saturated rings. The fraction of sp³-hybridized carbons (Fsp3) is 0.185. The Balaban J connectivity index is 1.04. The first kappa shape index (κ1) is 54.4. The van der Waals surface area contributed by atoms with Crippen molar-refractivity contribution in [1.82, 2.24) is 20.2 Å². The van der Waals surface area contributed by atoms with E-state index in [9.17, 15) is 14.4 Å². The third-order valence-electron chi connectivity index (χ3n) is 13.6. The number of thiazole rings is 1. The number of rotatable bonds is 19. The van der Waals surface area contributed by atoms with Gasteiger partial charge in [-0.05, 0) is 39.3 Å². The molecule has 0 bridgehead atoms. The van der Waals surface area contributed by atoms with Crippen LogP contribution in [0.3, 0.4) is 0 Å². The number of ether oxygens (including phenoxy) is 2. The molecule has 2 aromatic heterocycles. The molecule has 8 aromatic rings. The lowest BCUT2D eigenvalue weighted by Gasteiger charge is -2.49. The van der Waals surface area contributed by atoms with Crippen molar-refractivity contribution in [1.29, 1.82) is 0 Å². The number of fused-ring (bicyclic) bond motifs is 1. The van der Waals surface area contributed by atoms with Crippen molar-refractivity contribution in [3.8, 4) is 0 Å². The maximum absolute atomic E-state index is 15.4. The Morgan fingerprint density at radius 1 is 0.700 bits per heavy atom. The maximum atomic E-state index is 15.4. The second kappa shape index (κ2) is 24.0. The summed E-state index contributed by atoms with van der Waals surface area (Å²) in [6.07, 6.45) is 5.68. The Hall–Kier alpha value is -8.92. The van der Waals surface area contributed by atoms with Crippen molar-refractivity contribution in [2.24, 2.45) is 10.6 Å². The normalized spacial score (nSPS) is 16.0. The summed E-state index contributed by atoms with van der Waals surface area (Å²) in [5, 5.41) is 13.1. The maximum Gasteiger partial charge on any atom is 0.358 e. The lowest BCUT2D eigenvalue weighted by molar-refractivity contribution is -0.185. The number of benzene rings is 6. The van der Waals surface area contributed by atoms with E-state index in [4.69, 9.17) is 24.5 Å².